The number of hydrogen-bond acceptors (Lipinski definition) is 3. The fourth-order valence-corrected chi connectivity index (χ4v) is 1.75. The van der Waals surface area contributed by atoms with Crippen LogP contribution in [0.3, 0.4) is 0 Å². The van der Waals surface area contributed by atoms with Gasteiger partial charge in [-0.2, -0.15) is 5.10 Å². The highest BCUT2D eigenvalue weighted by Crippen LogP contribution is 2.27. The highest BCUT2D eigenvalue weighted by molar-refractivity contribution is 6.03. The third-order valence-corrected chi connectivity index (χ3v) is 2.43. The molecule has 15 heavy (non-hydrogen) atoms. The Hall–Kier alpha value is -2.04. The first-order valence-electron chi connectivity index (χ1n) is 4.46. The monoisotopic (exact) mass is 203 g/mol. The van der Waals surface area contributed by atoms with E-state index in [0.717, 1.165) is 0 Å². The van der Waals surface area contributed by atoms with Crippen molar-refractivity contribution in [2.75, 3.05) is 0 Å². The molecule has 1 aliphatic rings. The quantitative estimate of drug-likeness (QED) is 0.648. The Morgan fingerprint density at radius 2 is 2.20 bits per heavy atom. The van der Waals surface area contributed by atoms with Crippen LogP contribution >= 0.6 is 0 Å². The molecule has 1 aromatic heterocycles. The van der Waals surface area contributed by atoms with Crippen molar-refractivity contribution in [2.45, 2.75) is 6.54 Å². The Balaban J connectivity index is 2.35. The molecule has 2 aromatic rings. The van der Waals surface area contributed by atoms with Gasteiger partial charge in [0.2, 0.25) is 0 Å². The molecule has 3 rings (SSSR count). The summed E-state index contributed by atoms with van der Waals surface area (Å²) < 4.78 is 14.5. The third kappa shape index (κ3) is 1.09. The average molecular weight is 203 g/mol. The van der Waals surface area contributed by atoms with Crippen molar-refractivity contribution in [1.82, 2.24) is 14.8 Å². The third-order valence-electron chi connectivity index (χ3n) is 2.43. The highest BCUT2D eigenvalue weighted by atomic mass is 19.1. The van der Waals surface area contributed by atoms with Crippen molar-refractivity contribution in [2.24, 2.45) is 0 Å². The topological polar surface area (TPSA) is 47.8 Å². The number of hydrogen-bond donors (Lipinski definition) is 0. The molecule has 0 saturated carbocycles. The summed E-state index contributed by atoms with van der Waals surface area (Å²) in [5.41, 5.74) is 1.03. The van der Waals surface area contributed by atoms with Gasteiger partial charge in [0.25, 0.3) is 0 Å². The molecule has 0 N–H and O–H groups in total. The van der Waals surface area contributed by atoms with Gasteiger partial charge in [0, 0.05) is 11.1 Å². The summed E-state index contributed by atoms with van der Waals surface area (Å²) >= 11 is 0. The first kappa shape index (κ1) is 8.28. The van der Waals surface area contributed by atoms with Crippen LogP contribution in [0.4, 0.5) is 4.39 Å². The summed E-state index contributed by atoms with van der Waals surface area (Å²) in [6.45, 7) is 0.175. The molecule has 0 bridgehead atoms. The van der Waals surface area contributed by atoms with Crippen LogP contribution in [0, 0.1) is 5.82 Å². The van der Waals surface area contributed by atoms with Crippen LogP contribution in [0.25, 0.3) is 11.4 Å². The highest BCUT2D eigenvalue weighted by Gasteiger charge is 2.24. The number of halogens is 1. The van der Waals surface area contributed by atoms with Gasteiger partial charge in [0.1, 0.15) is 18.7 Å². The van der Waals surface area contributed by atoms with Gasteiger partial charge < -0.3 is 0 Å². The maximum atomic E-state index is 13.1. The van der Waals surface area contributed by atoms with Gasteiger partial charge in [0.15, 0.2) is 11.6 Å². The van der Waals surface area contributed by atoms with E-state index in [0.29, 0.717) is 17.0 Å². The van der Waals surface area contributed by atoms with Gasteiger partial charge in [-0.25, -0.2) is 14.1 Å². The molecule has 1 aromatic carbocycles. The number of nitrogens with zero attached hydrogens (tertiary/aromatic N) is 3. The smallest absolute Gasteiger partial charge is 0.185 e. The van der Waals surface area contributed by atoms with E-state index in [1.807, 2.05) is 0 Å². The van der Waals surface area contributed by atoms with Crippen LogP contribution in [0.1, 0.15) is 10.4 Å². The number of carbonyl (C=O) groups excluding carboxylic acids is 1. The lowest BCUT2D eigenvalue weighted by atomic mass is 10.00. The fourth-order valence-electron chi connectivity index (χ4n) is 1.75. The minimum absolute atomic E-state index is 0.0667. The normalized spacial score (nSPS) is 13.5. The summed E-state index contributed by atoms with van der Waals surface area (Å²) in [6.07, 6.45) is 1.36. The molecule has 0 fully saturated rings. The maximum absolute atomic E-state index is 13.1. The Labute approximate surface area is 84.4 Å². The summed E-state index contributed by atoms with van der Waals surface area (Å²) in [4.78, 5) is 15.7. The van der Waals surface area contributed by atoms with E-state index < -0.39 is 0 Å². The summed E-state index contributed by atoms with van der Waals surface area (Å²) in [5, 5.41) is 3.90. The number of fused-ring (bicyclic) bond motifs is 3. The average Bonchev–Trinajstić information content (AvgIpc) is 2.65. The predicted octanol–water partition coefficient (Wildman–Crippen LogP) is 1.28. The van der Waals surface area contributed by atoms with Crippen LogP contribution in [0.2, 0.25) is 0 Å². The van der Waals surface area contributed by atoms with E-state index in [9.17, 15) is 9.18 Å². The number of aromatic nitrogens is 3. The molecule has 0 aliphatic carbocycles. The van der Waals surface area contributed by atoms with Gasteiger partial charge in [-0.05, 0) is 18.2 Å². The van der Waals surface area contributed by atoms with Crippen LogP contribution in [0.15, 0.2) is 24.5 Å². The zero-order valence-electron chi connectivity index (χ0n) is 7.64. The van der Waals surface area contributed by atoms with Crippen LogP contribution in [-0.2, 0) is 6.54 Å². The lowest BCUT2D eigenvalue weighted by Crippen LogP contribution is -2.19. The molecule has 74 valence electrons. The summed E-state index contributed by atoms with van der Waals surface area (Å²) in [6, 6.07) is 4.08. The molecule has 0 radical (unpaired) electrons. The Morgan fingerprint density at radius 3 is 3.07 bits per heavy atom. The molecule has 0 saturated heterocycles. The fraction of sp³-hybridized carbons (Fsp3) is 0.100. The zero-order valence-corrected chi connectivity index (χ0v) is 7.64. The number of rotatable bonds is 0. The lowest BCUT2D eigenvalue weighted by Gasteiger charge is -2.15. The van der Waals surface area contributed by atoms with E-state index in [-0.39, 0.29) is 18.1 Å². The van der Waals surface area contributed by atoms with Crippen LogP contribution in [0.5, 0.6) is 0 Å². The molecule has 5 heteroatoms. The van der Waals surface area contributed by atoms with Crippen molar-refractivity contribution in [3.63, 3.8) is 0 Å². The van der Waals surface area contributed by atoms with Crippen molar-refractivity contribution in [3.05, 3.63) is 35.9 Å². The van der Waals surface area contributed by atoms with Crippen molar-refractivity contribution >= 4 is 5.78 Å². The second-order valence-electron chi connectivity index (χ2n) is 3.35. The van der Waals surface area contributed by atoms with E-state index in [4.69, 9.17) is 0 Å². The SMILES string of the molecule is O=C1Cn2ncnc2-c2cc(F)ccc21. The van der Waals surface area contributed by atoms with Gasteiger partial charge in [-0.1, -0.05) is 0 Å². The van der Waals surface area contributed by atoms with Gasteiger partial charge >= 0.3 is 0 Å². The Bertz CT molecular complexity index is 562. The first-order chi connectivity index (χ1) is 7.25. The van der Waals surface area contributed by atoms with Gasteiger partial charge in [-0.3, -0.25) is 4.79 Å². The molecule has 0 amide bonds. The van der Waals surface area contributed by atoms with Gasteiger partial charge in [0.05, 0.1) is 0 Å². The lowest BCUT2D eigenvalue weighted by molar-refractivity contribution is 0.0964. The Kier molecular flexibility index (Phi) is 1.50. The molecular weight excluding hydrogens is 197 g/mol. The number of carbonyl (C=O) groups is 1. The van der Waals surface area contributed by atoms with Crippen molar-refractivity contribution in [1.29, 1.82) is 0 Å². The summed E-state index contributed by atoms with van der Waals surface area (Å²) in [7, 11) is 0. The van der Waals surface area contributed by atoms with E-state index in [1.165, 1.54) is 29.2 Å². The van der Waals surface area contributed by atoms with Crippen molar-refractivity contribution < 1.29 is 9.18 Å². The van der Waals surface area contributed by atoms with Gasteiger partial charge in [-0.15, -0.1) is 0 Å². The second kappa shape index (κ2) is 2.73. The molecular formula is C10H6FN3O. The summed E-state index contributed by atoms with van der Waals surface area (Å²) in [5.74, 6) is 0.102. The number of ketones is 1. The molecule has 4 nitrogen and oxygen atoms in total. The molecule has 0 atom stereocenters. The molecule has 0 unspecified atom stereocenters. The molecule has 2 heterocycles. The van der Waals surface area contributed by atoms with E-state index in [1.54, 1.807) is 0 Å². The molecule has 0 spiro atoms. The minimum Gasteiger partial charge on any atom is -0.292 e. The number of Topliss-reactive ketones (excluding diaryl/α,β-unsaturated/α-hetero) is 1. The first-order valence-corrected chi connectivity index (χ1v) is 4.46. The van der Waals surface area contributed by atoms with E-state index >= 15 is 0 Å². The van der Waals surface area contributed by atoms with Crippen molar-refractivity contribution in [3.8, 4) is 11.4 Å². The Morgan fingerprint density at radius 1 is 1.33 bits per heavy atom. The van der Waals surface area contributed by atoms with Crippen LogP contribution < -0.4 is 0 Å². The minimum atomic E-state index is -0.377. The zero-order chi connectivity index (χ0) is 10.4. The van der Waals surface area contributed by atoms with E-state index in [2.05, 4.69) is 10.1 Å². The maximum Gasteiger partial charge on any atom is 0.185 e. The number of benzene rings is 1. The predicted molar refractivity (Wildman–Crippen MR) is 49.7 cm³/mol. The van der Waals surface area contributed by atoms with Crippen LogP contribution in [-0.4, -0.2) is 20.5 Å². The second-order valence-corrected chi connectivity index (χ2v) is 3.35. The standard InChI is InChI=1S/C10H6FN3O/c11-6-1-2-7-8(3-6)10-12-5-13-14(10)4-9(7)15/h1-3,5H,4H2. The molecule has 1 aliphatic heterocycles. The largest absolute Gasteiger partial charge is 0.292 e.